The Morgan fingerprint density at radius 1 is 1.00 bits per heavy atom. The molecule has 0 radical (unpaired) electrons. The molecule has 0 saturated heterocycles. The van der Waals surface area contributed by atoms with E-state index in [0.29, 0.717) is 16.0 Å². The number of imide groups is 1. The van der Waals surface area contributed by atoms with Gasteiger partial charge in [-0.05, 0) is 55.7 Å². The fraction of sp³-hybridized carbons (Fsp3) is 0.429. The summed E-state index contributed by atoms with van der Waals surface area (Å²) in [6.45, 7) is 5.13. The summed E-state index contributed by atoms with van der Waals surface area (Å²) in [5, 5.41) is 4.94. The molecular weight excluding hydrogens is 590 g/mol. The molecule has 1 aromatic heterocycles. The molecule has 1 unspecified atom stereocenters. The summed E-state index contributed by atoms with van der Waals surface area (Å²) >= 11 is 0. The van der Waals surface area contributed by atoms with Crippen LogP contribution in [0.4, 0.5) is 24.2 Å². The second kappa shape index (κ2) is 14.9. The molecule has 0 fully saturated rings. The minimum Gasteiger partial charge on any atom is -0.465 e. The molecule has 44 heavy (non-hydrogen) atoms. The van der Waals surface area contributed by atoms with Gasteiger partial charge in [0.15, 0.2) is 11.5 Å². The molecule has 1 aliphatic rings. The van der Waals surface area contributed by atoms with E-state index in [4.69, 9.17) is 14.2 Å². The monoisotopic (exact) mass is 622 g/mol. The number of benzene rings is 1. The van der Waals surface area contributed by atoms with Gasteiger partial charge in [-0.2, -0.15) is 0 Å². The Morgan fingerprint density at radius 2 is 1.73 bits per heavy atom. The number of urea groups is 1. The number of ether oxygens (including phenoxy) is 5. The van der Waals surface area contributed by atoms with Crippen LogP contribution in [0.25, 0.3) is 0 Å². The van der Waals surface area contributed by atoms with Crippen molar-refractivity contribution < 1.29 is 56.4 Å². The van der Waals surface area contributed by atoms with Crippen LogP contribution in [0.3, 0.4) is 0 Å². The number of aromatic nitrogens is 1. The summed E-state index contributed by atoms with van der Waals surface area (Å²) in [6, 6.07) is 5.30. The van der Waals surface area contributed by atoms with Gasteiger partial charge in [0.05, 0.1) is 18.6 Å². The fourth-order valence-corrected chi connectivity index (χ4v) is 3.72. The lowest BCUT2D eigenvalue weighted by atomic mass is 10.1. The van der Waals surface area contributed by atoms with Gasteiger partial charge in [0, 0.05) is 12.6 Å². The van der Waals surface area contributed by atoms with Crippen molar-refractivity contribution in [1.29, 1.82) is 0 Å². The van der Waals surface area contributed by atoms with E-state index in [9.17, 15) is 32.8 Å². The Balaban J connectivity index is 1.61. The largest absolute Gasteiger partial charge is 0.586 e. The first-order chi connectivity index (χ1) is 20.8. The lowest BCUT2D eigenvalue weighted by Gasteiger charge is -2.23. The van der Waals surface area contributed by atoms with Crippen molar-refractivity contribution in [2.45, 2.75) is 52.9 Å². The van der Waals surface area contributed by atoms with Crippen molar-refractivity contribution in [3.63, 3.8) is 0 Å². The maximum Gasteiger partial charge on any atom is 0.586 e. The highest BCUT2D eigenvalue weighted by atomic mass is 19.3. The number of anilines is 1. The number of nitrogens with zero attached hydrogens (tertiary/aromatic N) is 2. The molecule has 238 valence electrons. The summed E-state index contributed by atoms with van der Waals surface area (Å²) in [7, 11) is 0. The van der Waals surface area contributed by atoms with Crippen LogP contribution in [0, 0.1) is 5.92 Å². The number of carbonyl (C=O) groups excluding carboxylic acids is 5. The highest BCUT2D eigenvalue weighted by molar-refractivity contribution is 5.97. The van der Waals surface area contributed by atoms with Gasteiger partial charge in [-0.3, -0.25) is 24.6 Å². The quantitative estimate of drug-likeness (QED) is 0.260. The number of hydrogen-bond acceptors (Lipinski definition) is 11. The first kappa shape index (κ1) is 33.5. The Kier molecular flexibility index (Phi) is 11.4. The number of carbonyl (C=O) groups is 5. The molecule has 14 nitrogen and oxygen atoms in total. The molecule has 2 N–H and O–H groups in total. The number of aryl methyl sites for hydroxylation is 1. The van der Waals surface area contributed by atoms with Crippen LogP contribution in [-0.4, -0.2) is 66.1 Å². The van der Waals surface area contributed by atoms with Crippen molar-refractivity contribution in [3.05, 3.63) is 47.7 Å². The van der Waals surface area contributed by atoms with Crippen molar-refractivity contribution in [1.82, 2.24) is 15.2 Å². The van der Waals surface area contributed by atoms with Gasteiger partial charge in [-0.15, -0.1) is 8.78 Å². The molecule has 2 heterocycles. The summed E-state index contributed by atoms with van der Waals surface area (Å²) in [6.07, 6.45) is -3.49. The fourth-order valence-electron chi connectivity index (χ4n) is 3.72. The maximum absolute atomic E-state index is 13.4. The minimum absolute atomic E-state index is 0.0239. The molecule has 4 amide bonds. The average Bonchev–Trinajstić information content (AvgIpc) is 3.27. The molecule has 0 saturated carbocycles. The molecule has 0 aliphatic carbocycles. The molecule has 0 bridgehead atoms. The lowest BCUT2D eigenvalue weighted by Crippen LogP contribution is -2.47. The zero-order valence-electron chi connectivity index (χ0n) is 24.4. The third-order valence-electron chi connectivity index (χ3n) is 5.95. The van der Waals surface area contributed by atoms with E-state index in [1.165, 1.54) is 30.5 Å². The molecular formula is C28H32F2N4O10. The summed E-state index contributed by atoms with van der Waals surface area (Å²) in [5.41, 5.74) is 0.923. The molecule has 16 heteroatoms. The van der Waals surface area contributed by atoms with Gasteiger partial charge >= 0.3 is 30.4 Å². The SMILES string of the molecule is CCOC(=O)CN(C(=O)CCc1ccnc(NC(=O)OCOC(=O)C(C)C)c1)C(=O)NC(C)c1ccc2c(c1)OC(F)(F)O2. The van der Waals surface area contributed by atoms with Crippen LogP contribution in [0.15, 0.2) is 36.5 Å². The smallest absolute Gasteiger partial charge is 0.465 e. The van der Waals surface area contributed by atoms with Crippen molar-refractivity contribution in [2.24, 2.45) is 5.92 Å². The number of rotatable bonds is 12. The third-order valence-corrected chi connectivity index (χ3v) is 5.95. The first-order valence-corrected chi connectivity index (χ1v) is 13.5. The van der Waals surface area contributed by atoms with Crippen LogP contribution < -0.4 is 20.1 Å². The number of esters is 2. The van der Waals surface area contributed by atoms with Gasteiger partial charge in [-0.25, -0.2) is 14.6 Å². The van der Waals surface area contributed by atoms with Gasteiger partial charge in [-0.1, -0.05) is 19.9 Å². The predicted octanol–water partition coefficient (Wildman–Crippen LogP) is 3.90. The Morgan fingerprint density at radius 3 is 2.43 bits per heavy atom. The molecule has 1 aromatic carbocycles. The van der Waals surface area contributed by atoms with E-state index in [-0.39, 0.29) is 42.7 Å². The van der Waals surface area contributed by atoms with E-state index in [1.807, 2.05) is 0 Å². The van der Waals surface area contributed by atoms with Crippen molar-refractivity contribution in [3.8, 4) is 11.5 Å². The van der Waals surface area contributed by atoms with E-state index in [1.54, 1.807) is 33.8 Å². The zero-order valence-corrected chi connectivity index (χ0v) is 24.4. The summed E-state index contributed by atoms with van der Waals surface area (Å²) in [4.78, 5) is 66.5. The Hall–Kier alpha value is -5.02. The van der Waals surface area contributed by atoms with Crippen LogP contribution in [0.2, 0.25) is 0 Å². The number of hydrogen-bond donors (Lipinski definition) is 2. The maximum atomic E-state index is 13.4. The highest BCUT2D eigenvalue weighted by Crippen LogP contribution is 2.42. The van der Waals surface area contributed by atoms with Gasteiger partial charge in [0.25, 0.3) is 0 Å². The zero-order chi connectivity index (χ0) is 32.4. The van der Waals surface area contributed by atoms with Crippen LogP contribution in [0.1, 0.15) is 51.3 Å². The number of pyridine rings is 1. The lowest BCUT2D eigenvalue weighted by molar-refractivity contribution is -0.286. The normalized spacial score (nSPS) is 13.4. The van der Waals surface area contributed by atoms with Gasteiger partial charge in [0.1, 0.15) is 12.4 Å². The molecule has 0 spiro atoms. The first-order valence-electron chi connectivity index (χ1n) is 13.5. The standard InChI is InChI=1S/C28H32F2N4O10/c1-5-40-24(36)14-34(26(38)32-17(4)19-7-8-20-21(13-19)44-28(29,30)43-20)23(35)9-6-18-10-11-31-22(12-18)33-27(39)42-15-41-25(37)16(2)3/h7-8,10-13,16-17H,5-6,9,14-15H2,1-4H3,(H,32,38)(H,31,33,39). The van der Waals surface area contributed by atoms with E-state index >= 15 is 0 Å². The highest BCUT2D eigenvalue weighted by Gasteiger charge is 2.43. The predicted molar refractivity (Wildman–Crippen MR) is 146 cm³/mol. The second-order valence-corrected chi connectivity index (χ2v) is 9.67. The number of halogens is 2. The van der Waals surface area contributed by atoms with Gasteiger partial charge in [0.2, 0.25) is 12.7 Å². The van der Waals surface area contributed by atoms with E-state index in [2.05, 4.69) is 25.1 Å². The number of alkyl halides is 2. The van der Waals surface area contributed by atoms with Crippen LogP contribution in [0.5, 0.6) is 11.5 Å². The number of fused-ring (bicyclic) bond motifs is 1. The van der Waals surface area contributed by atoms with Gasteiger partial charge < -0.3 is 29.0 Å². The van der Waals surface area contributed by atoms with E-state index in [0.717, 1.165) is 0 Å². The molecule has 3 rings (SSSR count). The minimum atomic E-state index is -3.81. The Labute approximate surface area is 250 Å². The summed E-state index contributed by atoms with van der Waals surface area (Å²) in [5.74, 6) is -2.77. The summed E-state index contributed by atoms with van der Waals surface area (Å²) < 4.78 is 50.0. The topological polar surface area (TPSA) is 172 Å². The van der Waals surface area contributed by atoms with Crippen LogP contribution >= 0.6 is 0 Å². The van der Waals surface area contributed by atoms with Crippen molar-refractivity contribution >= 4 is 35.8 Å². The molecule has 1 aliphatic heterocycles. The molecule has 1 atom stereocenters. The molecule has 2 aromatic rings. The number of amides is 4. The van der Waals surface area contributed by atoms with Crippen LogP contribution in [-0.2, 0) is 35.0 Å². The average molecular weight is 623 g/mol. The third kappa shape index (κ3) is 9.78. The van der Waals surface area contributed by atoms with E-state index < -0.39 is 55.6 Å². The Bertz CT molecular complexity index is 1390. The number of nitrogens with one attached hydrogen (secondary N) is 2. The van der Waals surface area contributed by atoms with Crippen molar-refractivity contribution in [2.75, 3.05) is 25.3 Å². The second-order valence-electron chi connectivity index (χ2n) is 9.67.